The molecule has 0 bridgehead atoms. The zero-order valence-corrected chi connectivity index (χ0v) is 18.8. The molecule has 2 unspecified atom stereocenters. The fraction of sp³-hybridized carbons (Fsp3) is 0.435. The van der Waals surface area contributed by atoms with Gasteiger partial charge in [0.1, 0.15) is 11.9 Å². The highest BCUT2D eigenvalue weighted by atomic mass is 35.5. The molecule has 3 aliphatic heterocycles. The van der Waals surface area contributed by atoms with Crippen LogP contribution >= 0.6 is 11.6 Å². The van der Waals surface area contributed by atoms with Gasteiger partial charge in [-0.05, 0) is 60.7 Å². The maximum absolute atomic E-state index is 13.2. The summed E-state index contributed by atoms with van der Waals surface area (Å²) in [5.74, 6) is -0.105. The second-order valence-electron chi connectivity index (χ2n) is 8.70. The number of piperidine rings is 2. The van der Waals surface area contributed by atoms with Gasteiger partial charge < -0.3 is 15.1 Å². The van der Waals surface area contributed by atoms with Gasteiger partial charge in [-0.2, -0.15) is 0 Å². The predicted octanol–water partition coefficient (Wildman–Crippen LogP) is 1.65. The van der Waals surface area contributed by atoms with E-state index in [1.165, 1.54) is 0 Å². The molecule has 10 heteroatoms. The van der Waals surface area contributed by atoms with Crippen LogP contribution in [0.15, 0.2) is 30.5 Å². The first-order valence-electron chi connectivity index (χ1n) is 11.2. The standard InChI is InChI=1S/C23H25ClN6O3/c24-23-26-9-7-19(27-23)29(16-2-1-8-25-11-16)12-14-3-4-15-13-30(22(33)17(15)10-14)18-5-6-20(31)28-21(18)32/h3-4,7,9-10,16,18,25H,1-2,5-6,8,11-13H2,(H,28,31,32). The Bertz CT molecular complexity index is 1100. The summed E-state index contributed by atoms with van der Waals surface area (Å²) in [6.07, 6.45) is 4.35. The van der Waals surface area contributed by atoms with Gasteiger partial charge in [-0.3, -0.25) is 19.7 Å². The molecule has 0 radical (unpaired) electrons. The van der Waals surface area contributed by atoms with Crippen LogP contribution in [-0.2, 0) is 22.7 Å². The molecular formula is C23H25ClN6O3. The number of carbonyl (C=O) groups is 3. The van der Waals surface area contributed by atoms with Gasteiger partial charge in [-0.25, -0.2) is 9.97 Å². The molecule has 9 nitrogen and oxygen atoms in total. The normalized spacial score (nSPS) is 22.8. The number of fused-ring (bicyclic) bond motifs is 1. The monoisotopic (exact) mass is 468 g/mol. The SMILES string of the molecule is O=C1CCC(N2Cc3ccc(CN(c4ccnc(Cl)n4)C4CCCNC4)cc3C2=O)C(=O)N1. The van der Waals surface area contributed by atoms with Crippen LogP contribution in [-0.4, -0.2) is 57.8 Å². The third kappa shape index (κ3) is 4.43. The first kappa shape index (κ1) is 21.8. The van der Waals surface area contributed by atoms with Crippen LogP contribution in [0.3, 0.4) is 0 Å². The number of hydrogen-bond donors (Lipinski definition) is 2. The number of aromatic nitrogens is 2. The molecule has 5 rings (SSSR count). The molecule has 2 fully saturated rings. The van der Waals surface area contributed by atoms with Crippen molar-refractivity contribution in [1.82, 2.24) is 25.5 Å². The number of hydrogen-bond acceptors (Lipinski definition) is 7. The molecule has 0 saturated carbocycles. The Morgan fingerprint density at radius 3 is 2.82 bits per heavy atom. The maximum atomic E-state index is 13.2. The van der Waals surface area contributed by atoms with E-state index in [4.69, 9.17) is 11.6 Å². The van der Waals surface area contributed by atoms with Crippen molar-refractivity contribution >= 4 is 35.1 Å². The van der Waals surface area contributed by atoms with Gasteiger partial charge in [0.05, 0.1) is 0 Å². The Balaban J connectivity index is 1.38. The zero-order chi connectivity index (χ0) is 22.9. The van der Waals surface area contributed by atoms with Crippen molar-refractivity contribution in [2.24, 2.45) is 0 Å². The fourth-order valence-corrected chi connectivity index (χ4v) is 5.02. The van der Waals surface area contributed by atoms with E-state index in [2.05, 4.69) is 25.5 Å². The van der Waals surface area contributed by atoms with Crippen LogP contribution in [0, 0.1) is 0 Å². The third-order valence-electron chi connectivity index (χ3n) is 6.56. The van der Waals surface area contributed by atoms with Gasteiger partial charge in [0.2, 0.25) is 17.1 Å². The third-order valence-corrected chi connectivity index (χ3v) is 6.74. The minimum absolute atomic E-state index is 0.169. The van der Waals surface area contributed by atoms with Gasteiger partial charge in [0.25, 0.3) is 5.91 Å². The van der Waals surface area contributed by atoms with E-state index >= 15 is 0 Å². The number of nitrogens with zero attached hydrogens (tertiary/aromatic N) is 4. The Kier molecular flexibility index (Phi) is 5.99. The smallest absolute Gasteiger partial charge is 0.255 e. The molecule has 33 heavy (non-hydrogen) atoms. The molecule has 3 amide bonds. The Hall–Kier alpha value is -3.04. The Morgan fingerprint density at radius 1 is 1.18 bits per heavy atom. The number of carbonyl (C=O) groups excluding carboxylic acids is 3. The van der Waals surface area contributed by atoms with Gasteiger partial charge in [-0.15, -0.1) is 0 Å². The first-order valence-corrected chi connectivity index (χ1v) is 11.6. The number of halogens is 1. The molecule has 1 aromatic heterocycles. The largest absolute Gasteiger partial charge is 0.348 e. The average Bonchev–Trinajstić information content (AvgIpc) is 3.14. The lowest BCUT2D eigenvalue weighted by Crippen LogP contribution is -2.52. The van der Waals surface area contributed by atoms with Crippen molar-refractivity contribution in [2.45, 2.75) is 50.9 Å². The number of anilines is 1. The second-order valence-corrected chi connectivity index (χ2v) is 9.04. The van der Waals surface area contributed by atoms with Crippen molar-refractivity contribution in [3.05, 3.63) is 52.4 Å². The predicted molar refractivity (Wildman–Crippen MR) is 122 cm³/mol. The fourth-order valence-electron chi connectivity index (χ4n) is 4.88. The van der Waals surface area contributed by atoms with Crippen LogP contribution in [0.2, 0.25) is 5.28 Å². The summed E-state index contributed by atoms with van der Waals surface area (Å²) >= 11 is 6.07. The van der Waals surface area contributed by atoms with Crippen LogP contribution in [0.1, 0.15) is 47.2 Å². The molecule has 172 valence electrons. The number of imide groups is 1. The lowest BCUT2D eigenvalue weighted by Gasteiger charge is -2.35. The van der Waals surface area contributed by atoms with Crippen molar-refractivity contribution in [3.8, 4) is 0 Å². The van der Waals surface area contributed by atoms with Crippen molar-refractivity contribution < 1.29 is 14.4 Å². The average molecular weight is 469 g/mol. The Labute approximate surface area is 196 Å². The van der Waals surface area contributed by atoms with E-state index in [-0.39, 0.29) is 29.6 Å². The van der Waals surface area contributed by atoms with Crippen LogP contribution < -0.4 is 15.5 Å². The van der Waals surface area contributed by atoms with E-state index in [1.54, 1.807) is 11.1 Å². The van der Waals surface area contributed by atoms with Gasteiger partial charge in [0, 0.05) is 43.9 Å². The van der Waals surface area contributed by atoms with E-state index in [9.17, 15) is 14.4 Å². The maximum Gasteiger partial charge on any atom is 0.255 e. The quantitative estimate of drug-likeness (QED) is 0.507. The minimum Gasteiger partial charge on any atom is -0.348 e. The van der Waals surface area contributed by atoms with Crippen LogP contribution in [0.5, 0.6) is 0 Å². The lowest BCUT2D eigenvalue weighted by atomic mass is 10.0. The van der Waals surface area contributed by atoms with E-state index in [0.717, 1.165) is 42.9 Å². The van der Waals surface area contributed by atoms with E-state index < -0.39 is 11.9 Å². The molecule has 2 N–H and O–H groups in total. The minimum atomic E-state index is -0.612. The summed E-state index contributed by atoms with van der Waals surface area (Å²) in [6.45, 7) is 2.78. The molecule has 2 saturated heterocycles. The second kappa shape index (κ2) is 9.07. The summed E-state index contributed by atoms with van der Waals surface area (Å²) in [7, 11) is 0. The van der Waals surface area contributed by atoms with E-state index in [1.807, 2.05) is 24.3 Å². The molecule has 0 aliphatic carbocycles. The zero-order valence-electron chi connectivity index (χ0n) is 18.1. The number of amides is 3. The molecule has 1 aromatic carbocycles. The van der Waals surface area contributed by atoms with Gasteiger partial charge in [0.15, 0.2) is 0 Å². The molecule has 4 heterocycles. The molecule has 2 atom stereocenters. The van der Waals surface area contributed by atoms with Crippen LogP contribution in [0.25, 0.3) is 0 Å². The highest BCUT2D eigenvalue weighted by Crippen LogP contribution is 2.30. The number of benzene rings is 1. The summed E-state index contributed by atoms with van der Waals surface area (Å²) in [6, 6.07) is 7.37. The van der Waals surface area contributed by atoms with Crippen molar-refractivity contribution in [1.29, 1.82) is 0 Å². The topological polar surface area (TPSA) is 108 Å². The van der Waals surface area contributed by atoms with Gasteiger partial charge in [-0.1, -0.05) is 12.1 Å². The van der Waals surface area contributed by atoms with Gasteiger partial charge >= 0.3 is 0 Å². The molecule has 0 spiro atoms. The number of nitrogens with one attached hydrogen (secondary N) is 2. The summed E-state index contributed by atoms with van der Waals surface area (Å²) < 4.78 is 0. The van der Waals surface area contributed by atoms with Crippen LogP contribution in [0.4, 0.5) is 5.82 Å². The lowest BCUT2D eigenvalue weighted by molar-refractivity contribution is -0.136. The summed E-state index contributed by atoms with van der Waals surface area (Å²) in [5, 5.41) is 5.99. The summed E-state index contributed by atoms with van der Waals surface area (Å²) in [4.78, 5) is 49.2. The molecule has 2 aromatic rings. The Morgan fingerprint density at radius 2 is 2.06 bits per heavy atom. The summed E-state index contributed by atoms with van der Waals surface area (Å²) in [5.41, 5.74) is 2.48. The highest BCUT2D eigenvalue weighted by Gasteiger charge is 2.39. The van der Waals surface area contributed by atoms with E-state index in [0.29, 0.717) is 25.1 Å². The first-order chi connectivity index (χ1) is 16.0. The van der Waals surface area contributed by atoms with Crippen molar-refractivity contribution in [2.75, 3.05) is 18.0 Å². The van der Waals surface area contributed by atoms with Crippen molar-refractivity contribution in [3.63, 3.8) is 0 Å². The highest BCUT2D eigenvalue weighted by molar-refractivity contribution is 6.28. The molecule has 3 aliphatic rings. The molecular weight excluding hydrogens is 444 g/mol. The number of rotatable bonds is 5.